The number of nitrogens with two attached hydrogens (primary N) is 2. The molecule has 38 heavy (non-hydrogen) atoms. The maximum Gasteiger partial charge on any atom is 0.197 e. The van der Waals surface area contributed by atoms with E-state index in [9.17, 15) is 4.79 Å². The summed E-state index contributed by atoms with van der Waals surface area (Å²) < 4.78 is 11.2. The zero-order chi connectivity index (χ0) is 26.4. The summed E-state index contributed by atoms with van der Waals surface area (Å²) >= 11 is 2.57. The molecule has 0 saturated heterocycles. The average molecular weight is 541 g/mol. The second-order valence-electron chi connectivity index (χ2n) is 8.38. The summed E-state index contributed by atoms with van der Waals surface area (Å²) in [5, 5.41) is 0.724. The second kappa shape index (κ2) is 9.36. The Bertz CT molecular complexity index is 1660. The van der Waals surface area contributed by atoms with Crippen molar-refractivity contribution in [1.29, 1.82) is 0 Å². The largest absolute Gasteiger partial charge is 0.463 e. The third-order valence-electron chi connectivity index (χ3n) is 6.02. The van der Waals surface area contributed by atoms with Gasteiger partial charge in [-0.3, -0.25) is 14.8 Å². The van der Waals surface area contributed by atoms with Gasteiger partial charge in [-0.15, -0.1) is 0 Å². The van der Waals surface area contributed by atoms with Gasteiger partial charge >= 0.3 is 0 Å². The Morgan fingerprint density at radius 2 is 1.18 bits per heavy atom. The van der Waals surface area contributed by atoms with Gasteiger partial charge in [0.2, 0.25) is 0 Å². The molecule has 0 unspecified atom stereocenters. The van der Waals surface area contributed by atoms with Gasteiger partial charge in [-0.1, -0.05) is 22.7 Å². The third-order valence-corrected chi connectivity index (χ3v) is 7.86. The molecular weight excluding hydrogens is 520 g/mol. The Morgan fingerprint density at radius 3 is 1.58 bits per heavy atom. The Labute approximate surface area is 224 Å². The highest BCUT2D eigenvalue weighted by Crippen LogP contribution is 2.43. The quantitative estimate of drug-likeness (QED) is 0.234. The van der Waals surface area contributed by atoms with Crippen molar-refractivity contribution >= 4 is 38.7 Å². The molecular formula is C27H20N6O3S2. The fourth-order valence-electron chi connectivity index (χ4n) is 4.41. The summed E-state index contributed by atoms with van der Waals surface area (Å²) in [5.41, 5.74) is 16.7. The van der Waals surface area contributed by atoms with E-state index >= 15 is 0 Å². The molecule has 0 aromatic carbocycles. The predicted molar refractivity (Wildman–Crippen MR) is 148 cm³/mol. The molecule has 4 N–H and O–H groups in total. The van der Waals surface area contributed by atoms with Crippen LogP contribution < -0.4 is 11.5 Å². The van der Waals surface area contributed by atoms with E-state index in [1.165, 1.54) is 22.7 Å². The summed E-state index contributed by atoms with van der Waals surface area (Å²) in [6, 6.07) is 10.8. The van der Waals surface area contributed by atoms with Crippen LogP contribution in [0.3, 0.4) is 0 Å². The zero-order valence-corrected chi connectivity index (χ0v) is 21.9. The molecule has 0 radical (unpaired) electrons. The number of hydrogen-bond donors (Lipinski definition) is 2. The van der Waals surface area contributed by atoms with Crippen molar-refractivity contribution in [3.05, 3.63) is 83.8 Å². The molecule has 6 rings (SSSR count). The summed E-state index contributed by atoms with van der Waals surface area (Å²) in [6.45, 7) is 3.61. The van der Waals surface area contributed by atoms with Gasteiger partial charge in [0, 0.05) is 34.9 Å². The normalized spacial score (nSPS) is 11.2. The van der Waals surface area contributed by atoms with Crippen LogP contribution >= 0.6 is 22.7 Å². The van der Waals surface area contributed by atoms with Crippen LogP contribution in [0.5, 0.6) is 0 Å². The smallest absolute Gasteiger partial charge is 0.197 e. The number of thiazole rings is 2. The second-order valence-corrected chi connectivity index (χ2v) is 10.4. The van der Waals surface area contributed by atoms with Crippen molar-refractivity contribution < 1.29 is 13.6 Å². The molecule has 0 atom stereocenters. The van der Waals surface area contributed by atoms with Crippen molar-refractivity contribution in [1.82, 2.24) is 19.9 Å². The van der Waals surface area contributed by atoms with E-state index in [-0.39, 0.29) is 5.78 Å². The van der Waals surface area contributed by atoms with E-state index in [0.717, 1.165) is 0 Å². The van der Waals surface area contributed by atoms with Crippen LogP contribution in [0.2, 0.25) is 0 Å². The number of carbonyl (C=O) groups is 1. The van der Waals surface area contributed by atoms with Gasteiger partial charge in [-0.05, 0) is 50.2 Å². The molecule has 0 amide bonds. The van der Waals surface area contributed by atoms with Crippen molar-refractivity contribution in [2.45, 2.75) is 13.8 Å². The number of nitrogens with zero attached hydrogens (tertiary/aromatic N) is 4. The number of pyridine rings is 2. The van der Waals surface area contributed by atoms with Crippen LogP contribution in [0, 0.1) is 13.8 Å². The number of anilines is 2. The molecule has 11 heteroatoms. The van der Waals surface area contributed by atoms with Gasteiger partial charge in [-0.2, -0.15) is 0 Å². The van der Waals surface area contributed by atoms with Crippen LogP contribution in [0.1, 0.15) is 27.3 Å². The van der Waals surface area contributed by atoms with Gasteiger partial charge in [-0.25, -0.2) is 9.97 Å². The van der Waals surface area contributed by atoms with Gasteiger partial charge in [0.05, 0.1) is 33.4 Å². The lowest BCUT2D eigenvalue weighted by Crippen LogP contribution is -2.11. The van der Waals surface area contributed by atoms with Crippen LogP contribution in [0.25, 0.3) is 43.8 Å². The number of rotatable bonds is 6. The number of aromatic nitrogens is 4. The van der Waals surface area contributed by atoms with E-state index in [2.05, 4.69) is 19.9 Å². The number of hydrogen-bond acceptors (Lipinski definition) is 11. The first-order valence-electron chi connectivity index (χ1n) is 11.5. The van der Waals surface area contributed by atoms with Gasteiger partial charge in [0.25, 0.3) is 0 Å². The number of nitrogen functional groups attached to an aromatic ring is 2. The maximum absolute atomic E-state index is 14.5. The molecule has 6 aromatic heterocycles. The minimum absolute atomic E-state index is 0.235. The molecule has 9 nitrogen and oxygen atoms in total. The maximum atomic E-state index is 14.5. The predicted octanol–water partition coefficient (Wildman–Crippen LogP) is 6.26. The van der Waals surface area contributed by atoms with E-state index in [1.54, 1.807) is 75.2 Å². The number of furan rings is 2. The first kappa shape index (κ1) is 23.8. The van der Waals surface area contributed by atoms with Crippen LogP contribution in [-0.2, 0) is 0 Å². The lowest BCUT2D eigenvalue weighted by Gasteiger charge is -2.15. The molecule has 188 valence electrons. The first-order valence-corrected chi connectivity index (χ1v) is 13.1. The van der Waals surface area contributed by atoms with E-state index in [1.807, 2.05) is 0 Å². The third kappa shape index (κ3) is 3.98. The molecule has 6 heterocycles. The van der Waals surface area contributed by atoms with E-state index in [0.29, 0.717) is 76.6 Å². The molecule has 0 spiro atoms. The summed E-state index contributed by atoms with van der Waals surface area (Å²) in [7, 11) is 0. The van der Waals surface area contributed by atoms with Crippen molar-refractivity contribution in [2.75, 3.05) is 11.5 Å². The molecule has 0 aliphatic rings. The minimum Gasteiger partial charge on any atom is -0.463 e. The SMILES string of the molecule is Cc1nccc(-c2sc(N)nc2-c2ccco2)c1C(=O)c1c(-c2sc(N)nc2-c2ccco2)ccnc1C. The topological polar surface area (TPSA) is 147 Å². The fraction of sp³-hybridized carbons (Fsp3) is 0.0741. The molecule has 6 aromatic rings. The van der Waals surface area contributed by atoms with Crippen LogP contribution in [0.4, 0.5) is 10.3 Å². The number of carbonyl (C=O) groups excluding carboxylic acids is 1. The van der Waals surface area contributed by atoms with Gasteiger partial charge in [0.15, 0.2) is 27.6 Å². The highest BCUT2D eigenvalue weighted by Gasteiger charge is 2.28. The van der Waals surface area contributed by atoms with Gasteiger partial charge in [0.1, 0.15) is 11.4 Å². The van der Waals surface area contributed by atoms with Crippen molar-refractivity contribution in [3.8, 4) is 43.8 Å². The Hall–Kier alpha value is -4.61. The molecule has 0 aliphatic heterocycles. The molecule has 0 bridgehead atoms. The lowest BCUT2D eigenvalue weighted by molar-refractivity contribution is 0.103. The van der Waals surface area contributed by atoms with E-state index in [4.69, 9.17) is 20.3 Å². The molecule has 0 aliphatic carbocycles. The van der Waals surface area contributed by atoms with Crippen LogP contribution in [-0.4, -0.2) is 25.7 Å². The monoisotopic (exact) mass is 540 g/mol. The first-order chi connectivity index (χ1) is 18.4. The zero-order valence-electron chi connectivity index (χ0n) is 20.3. The highest BCUT2D eigenvalue weighted by atomic mass is 32.1. The van der Waals surface area contributed by atoms with Crippen molar-refractivity contribution in [3.63, 3.8) is 0 Å². The average Bonchev–Trinajstić information content (AvgIpc) is 3.70. The van der Waals surface area contributed by atoms with Gasteiger partial charge < -0.3 is 20.3 Å². The molecule has 0 saturated carbocycles. The summed E-state index contributed by atoms with van der Waals surface area (Å²) in [4.78, 5) is 33.8. The van der Waals surface area contributed by atoms with Crippen molar-refractivity contribution in [2.24, 2.45) is 0 Å². The lowest BCUT2D eigenvalue weighted by atomic mass is 9.91. The Morgan fingerprint density at radius 1 is 0.737 bits per heavy atom. The highest BCUT2D eigenvalue weighted by molar-refractivity contribution is 7.19. The van der Waals surface area contributed by atoms with E-state index < -0.39 is 0 Å². The number of aryl methyl sites for hydroxylation is 2. The number of ketones is 1. The standard InChI is InChI=1S/C27H20N6O3S2/c1-13-19(15(7-9-30-13)24-21(32-26(28)37-24)17-5-3-11-35-17)23(34)20-14(2)31-10-8-16(20)25-22(33-27(29)38-25)18-6-4-12-36-18/h3-12H,1-2H3,(H2,28,32)(H2,29,33). The fourth-order valence-corrected chi connectivity index (χ4v) is 6.15. The molecule has 0 fully saturated rings. The summed E-state index contributed by atoms with van der Waals surface area (Å²) in [5.74, 6) is 0.880. The minimum atomic E-state index is -0.235. The van der Waals surface area contributed by atoms with Crippen LogP contribution in [0.15, 0.2) is 70.2 Å². The Balaban J connectivity index is 1.56. The Kier molecular flexibility index (Phi) is 5.86. The summed E-state index contributed by atoms with van der Waals surface area (Å²) in [6.07, 6.45) is 6.47.